The Morgan fingerprint density at radius 3 is 2.58 bits per heavy atom. The van der Waals surface area contributed by atoms with E-state index in [0.717, 1.165) is 0 Å². The second-order valence-electron chi connectivity index (χ2n) is 2.63. The number of hydrogen-bond donors (Lipinski definition) is 0. The van der Waals surface area contributed by atoms with Gasteiger partial charge in [0, 0.05) is 5.92 Å². The molecule has 12 heavy (non-hydrogen) atoms. The molecule has 0 aliphatic carbocycles. The Kier molecular flexibility index (Phi) is 3.17. The van der Waals surface area contributed by atoms with Crippen LogP contribution in [0.1, 0.15) is 18.4 Å². The van der Waals surface area contributed by atoms with Crippen molar-refractivity contribution in [2.75, 3.05) is 0 Å². The van der Waals surface area contributed by atoms with Gasteiger partial charge in [0.1, 0.15) is 0 Å². The molecule has 0 aliphatic rings. The van der Waals surface area contributed by atoms with Gasteiger partial charge in [-0.3, -0.25) is 0 Å². The summed E-state index contributed by atoms with van der Waals surface area (Å²) < 4.78 is 0. The van der Waals surface area contributed by atoms with Gasteiger partial charge < -0.3 is 0 Å². The second kappa shape index (κ2) is 4.41. The van der Waals surface area contributed by atoms with E-state index in [0.29, 0.717) is 5.92 Å². The Morgan fingerprint density at radius 1 is 1.33 bits per heavy atom. The molecule has 0 nitrogen and oxygen atoms in total. The Hall–Kier alpha value is -1.48. The van der Waals surface area contributed by atoms with E-state index in [4.69, 9.17) is 0 Å². The van der Waals surface area contributed by atoms with Crippen LogP contribution < -0.4 is 0 Å². The first kappa shape index (κ1) is 8.62. The fourth-order valence-corrected chi connectivity index (χ4v) is 1.01. The first-order valence-electron chi connectivity index (χ1n) is 4.01. The van der Waals surface area contributed by atoms with Crippen LogP contribution in [0.25, 0.3) is 0 Å². The quantitative estimate of drug-likeness (QED) is 0.548. The SMILES string of the molecule is C=CC#CC(C)c1ccccc1. The first-order valence-corrected chi connectivity index (χ1v) is 4.01. The Bertz CT molecular complexity index is 298. The molecule has 0 fully saturated rings. The average molecular weight is 156 g/mol. The number of benzene rings is 1. The van der Waals surface area contributed by atoms with Crippen molar-refractivity contribution in [3.63, 3.8) is 0 Å². The maximum Gasteiger partial charge on any atom is 0.0427 e. The molecule has 0 spiro atoms. The molecule has 1 unspecified atom stereocenters. The monoisotopic (exact) mass is 156 g/mol. The maximum absolute atomic E-state index is 3.55. The molecule has 0 amide bonds. The third-order valence-electron chi connectivity index (χ3n) is 1.70. The molecule has 1 atom stereocenters. The topological polar surface area (TPSA) is 0 Å². The molecule has 1 rings (SSSR count). The van der Waals surface area contributed by atoms with Crippen LogP contribution in [0.5, 0.6) is 0 Å². The van der Waals surface area contributed by atoms with Gasteiger partial charge in [-0.2, -0.15) is 0 Å². The molecule has 1 aromatic rings. The molecule has 60 valence electrons. The molecule has 0 bridgehead atoms. The van der Waals surface area contributed by atoms with Crippen molar-refractivity contribution in [1.29, 1.82) is 0 Å². The summed E-state index contributed by atoms with van der Waals surface area (Å²) in [6.07, 6.45) is 1.62. The van der Waals surface area contributed by atoms with Crippen LogP contribution in [0.15, 0.2) is 43.0 Å². The predicted octanol–water partition coefficient (Wildman–Crippen LogP) is 2.98. The lowest BCUT2D eigenvalue weighted by Crippen LogP contribution is -1.87. The van der Waals surface area contributed by atoms with Crippen LogP contribution in [0, 0.1) is 11.8 Å². The highest BCUT2D eigenvalue weighted by atomic mass is 14.0. The van der Waals surface area contributed by atoms with Crippen molar-refractivity contribution in [3.8, 4) is 11.8 Å². The van der Waals surface area contributed by atoms with Crippen molar-refractivity contribution in [3.05, 3.63) is 48.6 Å². The van der Waals surface area contributed by atoms with E-state index in [2.05, 4.69) is 37.5 Å². The van der Waals surface area contributed by atoms with Gasteiger partial charge in [-0.15, -0.1) is 0 Å². The summed E-state index contributed by atoms with van der Waals surface area (Å²) >= 11 is 0. The summed E-state index contributed by atoms with van der Waals surface area (Å²) in [4.78, 5) is 0. The van der Waals surface area contributed by atoms with E-state index in [-0.39, 0.29) is 0 Å². The Labute approximate surface area is 73.9 Å². The molecule has 0 heteroatoms. The van der Waals surface area contributed by atoms with Gasteiger partial charge in [-0.05, 0) is 18.6 Å². The summed E-state index contributed by atoms with van der Waals surface area (Å²) in [7, 11) is 0. The van der Waals surface area contributed by atoms with Crippen LogP contribution in [0.4, 0.5) is 0 Å². The highest BCUT2D eigenvalue weighted by molar-refractivity contribution is 5.28. The molecule has 0 heterocycles. The third kappa shape index (κ3) is 2.29. The molecular weight excluding hydrogens is 144 g/mol. The molecule has 0 saturated heterocycles. The molecule has 0 aliphatic heterocycles. The Balaban J connectivity index is 2.78. The first-order chi connectivity index (χ1) is 5.84. The molecular formula is C12H12. The van der Waals surface area contributed by atoms with Crippen LogP contribution in [-0.4, -0.2) is 0 Å². The fourth-order valence-electron chi connectivity index (χ4n) is 1.01. The van der Waals surface area contributed by atoms with Gasteiger partial charge in [0.15, 0.2) is 0 Å². The molecule has 1 aromatic carbocycles. The van der Waals surface area contributed by atoms with E-state index in [1.165, 1.54) is 5.56 Å². The fraction of sp³-hybridized carbons (Fsp3) is 0.167. The summed E-state index contributed by atoms with van der Waals surface area (Å²) in [5.41, 5.74) is 1.26. The number of hydrogen-bond acceptors (Lipinski definition) is 0. The van der Waals surface area contributed by atoms with E-state index >= 15 is 0 Å². The molecule has 0 N–H and O–H groups in total. The number of rotatable bonds is 1. The highest BCUT2D eigenvalue weighted by Crippen LogP contribution is 2.12. The minimum absolute atomic E-state index is 0.296. The third-order valence-corrected chi connectivity index (χ3v) is 1.70. The van der Waals surface area contributed by atoms with Gasteiger partial charge in [0.25, 0.3) is 0 Å². The lowest BCUT2D eigenvalue weighted by Gasteiger charge is -2.01. The van der Waals surface area contributed by atoms with E-state index < -0.39 is 0 Å². The minimum Gasteiger partial charge on any atom is -0.0907 e. The normalized spacial score (nSPS) is 11.1. The second-order valence-corrected chi connectivity index (χ2v) is 2.63. The van der Waals surface area contributed by atoms with Crippen LogP contribution in [-0.2, 0) is 0 Å². The van der Waals surface area contributed by atoms with E-state index in [9.17, 15) is 0 Å². The van der Waals surface area contributed by atoms with Crippen LogP contribution in [0.3, 0.4) is 0 Å². The summed E-state index contributed by atoms with van der Waals surface area (Å²) in [6, 6.07) is 10.2. The van der Waals surface area contributed by atoms with Gasteiger partial charge in [-0.25, -0.2) is 0 Å². The summed E-state index contributed by atoms with van der Waals surface area (Å²) in [6.45, 7) is 5.64. The lowest BCUT2D eigenvalue weighted by atomic mass is 10.0. The zero-order valence-electron chi connectivity index (χ0n) is 7.25. The molecule has 0 radical (unpaired) electrons. The lowest BCUT2D eigenvalue weighted by molar-refractivity contribution is 1.00. The van der Waals surface area contributed by atoms with Gasteiger partial charge in [-0.1, -0.05) is 48.8 Å². The van der Waals surface area contributed by atoms with Crippen molar-refractivity contribution in [1.82, 2.24) is 0 Å². The van der Waals surface area contributed by atoms with Gasteiger partial charge in [0.05, 0.1) is 0 Å². The van der Waals surface area contributed by atoms with E-state index in [1.54, 1.807) is 6.08 Å². The van der Waals surface area contributed by atoms with Crippen LogP contribution in [0.2, 0.25) is 0 Å². The summed E-state index contributed by atoms with van der Waals surface area (Å²) in [5.74, 6) is 6.24. The Morgan fingerprint density at radius 2 is 2.00 bits per heavy atom. The van der Waals surface area contributed by atoms with Crippen molar-refractivity contribution < 1.29 is 0 Å². The van der Waals surface area contributed by atoms with Crippen molar-refractivity contribution in [2.24, 2.45) is 0 Å². The highest BCUT2D eigenvalue weighted by Gasteiger charge is 1.97. The van der Waals surface area contributed by atoms with Crippen molar-refractivity contribution >= 4 is 0 Å². The standard InChI is InChI=1S/C12H12/c1-3-4-8-11(2)12-9-6-5-7-10-12/h3,5-7,9-11H,1H2,2H3. The molecule has 0 aromatic heterocycles. The average Bonchev–Trinajstić information content (AvgIpc) is 2.15. The zero-order chi connectivity index (χ0) is 8.81. The van der Waals surface area contributed by atoms with Crippen LogP contribution >= 0.6 is 0 Å². The van der Waals surface area contributed by atoms with Gasteiger partial charge >= 0.3 is 0 Å². The van der Waals surface area contributed by atoms with Gasteiger partial charge in [0.2, 0.25) is 0 Å². The summed E-state index contributed by atoms with van der Waals surface area (Å²) in [5, 5.41) is 0. The smallest absolute Gasteiger partial charge is 0.0427 e. The van der Waals surface area contributed by atoms with Crippen molar-refractivity contribution in [2.45, 2.75) is 12.8 Å². The number of allylic oxidation sites excluding steroid dienone is 1. The predicted molar refractivity (Wildman–Crippen MR) is 52.8 cm³/mol. The molecule has 0 saturated carbocycles. The zero-order valence-corrected chi connectivity index (χ0v) is 7.25. The maximum atomic E-state index is 3.55. The minimum atomic E-state index is 0.296. The largest absolute Gasteiger partial charge is 0.0907 e. The van der Waals surface area contributed by atoms with E-state index in [1.807, 2.05) is 18.2 Å².